The molecule has 0 aliphatic carbocycles. The summed E-state index contributed by atoms with van der Waals surface area (Å²) in [6, 6.07) is 13.2. The predicted molar refractivity (Wildman–Crippen MR) is 99.6 cm³/mol. The molecule has 1 heterocycles. The minimum atomic E-state index is -0.580. The summed E-state index contributed by atoms with van der Waals surface area (Å²) in [4.78, 5) is 24.9. The number of fused-ring (bicyclic) bond motifs is 1. The zero-order valence-corrected chi connectivity index (χ0v) is 15.6. The molecule has 0 radical (unpaired) electrons. The van der Waals surface area contributed by atoms with Gasteiger partial charge in [-0.05, 0) is 43.5 Å². The highest BCUT2D eigenvalue weighted by molar-refractivity contribution is 5.88. The number of rotatable bonds is 3. The van der Waals surface area contributed by atoms with E-state index >= 15 is 0 Å². The third-order valence-corrected chi connectivity index (χ3v) is 4.63. The summed E-state index contributed by atoms with van der Waals surface area (Å²) in [5.74, 6) is -1.11. The van der Waals surface area contributed by atoms with Crippen LogP contribution in [0.15, 0.2) is 42.5 Å². The summed E-state index contributed by atoms with van der Waals surface area (Å²) >= 11 is 0. The molecule has 0 spiro atoms. The van der Waals surface area contributed by atoms with Crippen molar-refractivity contribution >= 4 is 22.7 Å². The average Bonchev–Trinajstić information content (AvgIpc) is 3.04. The second-order valence-corrected chi connectivity index (χ2v) is 7.66. The molecule has 26 heavy (non-hydrogen) atoms. The van der Waals surface area contributed by atoms with Crippen molar-refractivity contribution in [1.82, 2.24) is 5.32 Å². The first-order chi connectivity index (χ1) is 12.3. The van der Waals surface area contributed by atoms with E-state index in [-0.39, 0.29) is 18.0 Å². The molecular weight excluding hydrogens is 330 g/mol. The van der Waals surface area contributed by atoms with Crippen LogP contribution in [0.5, 0.6) is 0 Å². The number of carbonyl (C=O) groups excluding carboxylic acids is 2. The number of hydrogen-bond acceptors (Lipinski definition) is 5. The molecular formula is C21H25NO4. The molecule has 1 aliphatic heterocycles. The van der Waals surface area contributed by atoms with E-state index in [1.807, 2.05) is 63.2 Å². The van der Waals surface area contributed by atoms with Crippen LogP contribution in [0.3, 0.4) is 0 Å². The average molecular weight is 355 g/mol. The fourth-order valence-electron chi connectivity index (χ4n) is 3.54. The Balaban J connectivity index is 2.00. The van der Waals surface area contributed by atoms with E-state index in [2.05, 4.69) is 5.32 Å². The topological polar surface area (TPSA) is 64.6 Å². The summed E-state index contributed by atoms with van der Waals surface area (Å²) in [5, 5.41) is 5.45. The maximum Gasteiger partial charge on any atom is 0.322 e. The van der Waals surface area contributed by atoms with E-state index in [0.717, 1.165) is 16.3 Å². The fraction of sp³-hybridized carbons (Fsp3) is 0.429. The Hall–Kier alpha value is -2.40. The maximum atomic E-state index is 12.8. The van der Waals surface area contributed by atoms with Gasteiger partial charge in [0.05, 0.1) is 13.0 Å². The lowest BCUT2D eigenvalue weighted by molar-refractivity contribution is -0.160. The molecule has 3 rings (SSSR count). The normalized spacial score (nSPS) is 23.0. The molecule has 5 heteroatoms. The molecule has 3 atom stereocenters. The minimum Gasteiger partial charge on any atom is -0.468 e. The Morgan fingerprint density at radius 2 is 1.73 bits per heavy atom. The van der Waals surface area contributed by atoms with Crippen molar-refractivity contribution in [2.24, 2.45) is 5.92 Å². The van der Waals surface area contributed by atoms with Gasteiger partial charge in [-0.3, -0.25) is 14.9 Å². The Morgan fingerprint density at radius 3 is 2.42 bits per heavy atom. The fourth-order valence-corrected chi connectivity index (χ4v) is 3.54. The predicted octanol–water partition coefficient (Wildman–Crippen LogP) is 3.37. The summed E-state index contributed by atoms with van der Waals surface area (Å²) in [6.07, 6.45) is 0.357. The minimum absolute atomic E-state index is 0.297. The lowest BCUT2D eigenvalue weighted by Crippen LogP contribution is -2.34. The summed E-state index contributed by atoms with van der Waals surface area (Å²) in [6.45, 7) is 5.54. The number of hydrogen-bond donors (Lipinski definition) is 1. The van der Waals surface area contributed by atoms with Gasteiger partial charge in [-0.15, -0.1) is 0 Å². The molecule has 5 nitrogen and oxygen atoms in total. The van der Waals surface area contributed by atoms with Gasteiger partial charge in [0.15, 0.2) is 0 Å². The number of nitrogens with one attached hydrogen (secondary N) is 1. The van der Waals surface area contributed by atoms with E-state index < -0.39 is 17.6 Å². The van der Waals surface area contributed by atoms with E-state index in [1.165, 1.54) is 7.11 Å². The van der Waals surface area contributed by atoms with Crippen LogP contribution in [0.4, 0.5) is 0 Å². The molecule has 1 aliphatic rings. The van der Waals surface area contributed by atoms with Crippen LogP contribution in [0.25, 0.3) is 10.8 Å². The van der Waals surface area contributed by atoms with Gasteiger partial charge >= 0.3 is 11.9 Å². The van der Waals surface area contributed by atoms with E-state index in [0.29, 0.717) is 6.42 Å². The van der Waals surface area contributed by atoms with E-state index in [1.54, 1.807) is 0 Å². The largest absolute Gasteiger partial charge is 0.468 e. The van der Waals surface area contributed by atoms with Crippen molar-refractivity contribution in [1.29, 1.82) is 0 Å². The van der Waals surface area contributed by atoms with Crippen LogP contribution in [-0.4, -0.2) is 30.7 Å². The van der Waals surface area contributed by atoms with Crippen molar-refractivity contribution < 1.29 is 19.1 Å². The summed E-state index contributed by atoms with van der Waals surface area (Å²) in [5.41, 5.74) is 0.411. The smallest absolute Gasteiger partial charge is 0.322 e. The molecule has 0 aromatic heterocycles. The van der Waals surface area contributed by atoms with Gasteiger partial charge in [0.1, 0.15) is 11.6 Å². The van der Waals surface area contributed by atoms with E-state index in [9.17, 15) is 9.59 Å². The summed E-state index contributed by atoms with van der Waals surface area (Å²) < 4.78 is 10.5. The molecule has 2 aromatic carbocycles. The second-order valence-electron chi connectivity index (χ2n) is 7.66. The molecule has 1 saturated heterocycles. The van der Waals surface area contributed by atoms with Crippen LogP contribution < -0.4 is 5.32 Å². The lowest BCUT2D eigenvalue weighted by atomic mass is 9.90. The van der Waals surface area contributed by atoms with Crippen LogP contribution in [0.2, 0.25) is 0 Å². The van der Waals surface area contributed by atoms with Crippen LogP contribution in [-0.2, 0) is 19.1 Å². The maximum absolute atomic E-state index is 12.8. The van der Waals surface area contributed by atoms with Crippen molar-refractivity contribution in [3.63, 3.8) is 0 Å². The zero-order chi connectivity index (χ0) is 18.9. The number of ether oxygens (including phenoxy) is 2. The molecule has 138 valence electrons. The standard InChI is InChI=1S/C21H25NO4/c1-21(2,3)26-19(23)16-12-17(20(24)25-4)22-18(16)15-11-7-9-13-8-5-6-10-14(13)15/h5-11,16-18,22H,12H2,1-4H3/t16-,17-,18-/m1/s1. The first kappa shape index (κ1) is 18.4. The molecule has 0 bridgehead atoms. The van der Waals surface area contributed by atoms with Gasteiger partial charge in [-0.2, -0.15) is 0 Å². The second kappa shape index (κ2) is 7.08. The van der Waals surface area contributed by atoms with Gasteiger partial charge in [0.2, 0.25) is 0 Å². The Labute approximate surface area is 153 Å². The lowest BCUT2D eigenvalue weighted by Gasteiger charge is -2.25. The van der Waals surface area contributed by atoms with Crippen molar-refractivity contribution in [2.45, 2.75) is 44.9 Å². The monoisotopic (exact) mass is 355 g/mol. The Morgan fingerprint density at radius 1 is 1.04 bits per heavy atom. The zero-order valence-electron chi connectivity index (χ0n) is 15.6. The highest BCUT2D eigenvalue weighted by Gasteiger charge is 2.44. The van der Waals surface area contributed by atoms with Crippen LogP contribution in [0.1, 0.15) is 38.8 Å². The highest BCUT2D eigenvalue weighted by atomic mass is 16.6. The van der Waals surface area contributed by atoms with E-state index in [4.69, 9.17) is 9.47 Å². The Bertz CT molecular complexity index is 819. The Kier molecular flexibility index (Phi) is 5.01. The van der Waals surface area contributed by atoms with Gasteiger partial charge in [-0.25, -0.2) is 0 Å². The van der Waals surface area contributed by atoms with Gasteiger partial charge < -0.3 is 9.47 Å². The first-order valence-corrected chi connectivity index (χ1v) is 8.84. The number of carbonyl (C=O) groups is 2. The number of benzene rings is 2. The van der Waals surface area contributed by atoms with Crippen molar-refractivity contribution in [2.75, 3.05) is 7.11 Å². The SMILES string of the molecule is COC(=O)[C@H]1C[C@@H](C(=O)OC(C)(C)C)[C@@H](c2cccc3ccccc23)N1. The van der Waals surface area contributed by atoms with Gasteiger partial charge in [-0.1, -0.05) is 42.5 Å². The summed E-state index contributed by atoms with van der Waals surface area (Å²) in [7, 11) is 1.36. The third kappa shape index (κ3) is 3.73. The van der Waals surface area contributed by atoms with Crippen LogP contribution >= 0.6 is 0 Å². The van der Waals surface area contributed by atoms with Crippen molar-refractivity contribution in [3.05, 3.63) is 48.0 Å². The molecule has 0 unspecified atom stereocenters. The molecule has 0 saturated carbocycles. The molecule has 1 fully saturated rings. The molecule has 0 amide bonds. The van der Waals surface area contributed by atoms with Gasteiger partial charge in [0, 0.05) is 6.04 Å². The molecule has 2 aromatic rings. The first-order valence-electron chi connectivity index (χ1n) is 8.84. The molecule has 1 N–H and O–H groups in total. The highest BCUT2D eigenvalue weighted by Crippen LogP contribution is 2.38. The number of methoxy groups -OCH3 is 1. The van der Waals surface area contributed by atoms with Crippen LogP contribution in [0, 0.1) is 5.92 Å². The third-order valence-electron chi connectivity index (χ3n) is 4.63. The number of esters is 2. The van der Waals surface area contributed by atoms with Crippen molar-refractivity contribution in [3.8, 4) is 0 Å². The van der Waals surface area contributed by atoms with Gasteiger partial charge in [0.25, 0.3) is 0 Å². The quantitative estimate of drug-likeness (QED) is 0.855.